The van der Waals surface area contributed by atoms with Gasteiger partial charge in [0, 0.05) is 17.9 Å². The minimum atomic E-state index is -0.284. The number of anilines is 2. The minimum Gasteiger partial charge on any atom is -0.481 e. The van der Waals surface area contributed by atoms with Gasteiger partial charge in [-0.1, -0.05) is 47.5 Å². The lowest BCUT2D eigenvalue weighted by Gasteiger charge is -2.13. The molecule has 0 bridgehead atoms. The van der Waals surface area contributed by atoms with Crippen molar-refractivity contribution in [2.24, 2.45) is 0 Å². The number of carbonyl (C=O) groups excluding carboxylic acids is 1. The maximum absolute atomic E-state index is 12.1. The fourth-order valence-corrected chi connectivity index (χ4v) is 3.51. The van der Waals surface area contributed by atoms with Crippen LogP contribution in [-0.2, 0) is 11.3 Å². The highest BCUT2D eigenvalue weighted by molar-refractivity contribution is 6.37. The van der Waals surface area contributed by atoms with Gasteiger partial charge in [-0.05, 0) is 66.9 Å². The Kier molecular flexibility index (Phi) is 7.02. The van der Waals surface area contributed by atoms with Gasteiger partial charge >= 0.3 is 0 Å². The first kappa shape index (κ1) is 21.0. The SMILES string of the molecule is Cc1cccc(NCc2cc(Cl)c(OCC(=O)Nc3cccc(C)c3)c(Cl)c2)c1. The molecule has 4 nitrogen and oxygen atoms in total. The topological polar surface area (TPSA) is 50.4 Å². The summed E-state index contributed by atoms with van der Waals surface area (Å²) in [7, 11) is 0. The Morgan fingerprint density at radius 3 is 2.10 bits per heavy atom. The second-order valence-electron chi connectivity index (χ2n) is 6.82. The molecule has 0 aromatic heterocycles. The van der Waals surface area contributed by atoms with Crippen molar-refractivity contribution in [3.63, 3.8) is 0 Å². The summed E-state index contributed by atoms with van der Waals surface area (Å²) in [5.41, 5.74) is 4.89. The van der Waals surface area contributed by atoms with Crippen molar-refractivity contribution in [3.8, 4) is 5.75 Å². The smallest absolute Gasteiger partial charge is 0.262 e. The number of hydrogen-bond donors (Lipinski definition) is 2. The third kappa shape index (κ3) is 6.14. The van der Waals surface area contributed by atoms with Crippen LogP contribution < -0.4 is 15.4 Å². The van der Waals surface area contributed by atoms with Crippen LogP contribution >= 0.6 is 23.2 Å². The van der Waals surface area contributed by atoms with Crippen molar-refractivity contribution in [1.82, 2.24) is 0 Å². The zero-order chi connectivity index (χ0) is 20.8. The molecule has 0 fully saturated rings. The summed E-state index contributed by atoms with van der Waals surface area (Å²) in [5.74, 6) is 0.0138. The lowest BCUT2D eigenvalue weighted by atomic mass is 10.2. The Morgan fingerprint density at radius 1 is 0.897 bits per heavy atom. The van der Waals surface area contributed by atoms with E-state index in [9.17, 15) is 4.79 Å². The van der Waals surface area contributed by atoms with Crippen molar-refractivity contribution in [2.45, 2.75) is 20.4 Å². The second-order valence-corrected chi connectivity index (χ2v) is 7.63. The van der Waals surface area contributed by atoms with Gasteiger partial charge < -0.3 is 15.4 Å². The Balaban J connectivity index is 1.59. The highest BCUT2D eigenvalue weighted by Crippen LogP contribution is 2.34. The molecule has 3 rings (SSSR count). The van der Waals surface area contributed by atoms with E-state index in [1.807, 2.05) is 56.3 Å². The fraction of sp³-hybridized carbons (Fsp3) is 0.174. The number of halogens is 2. The van der Waals surface area contributed by atoms with Crippen LogP contribution in [0.25, 0.3) is 0 Å². The molecule has 0 aliphatic carbocycles. The molecule has 150 valence electrons. The Morgan fingerprint density at radius 2 is 1.48 bits per heavy atom. The maximum atomic E-state index is 12.1. The van der Waals surface area contributed by atoms with Crippen molar-refractivity contribution < 1.29 is 9.53 Å². The first-order valence-corrected chi connectivity index (χ1v) is 9.94. The summed E-state index contributed by atoms with van der Waals surface area (Å²) in [4.78, 5) is 12.1. The van der Waals surface area contributed by atoms with Crippen LogP contribution in [0.15, 0.2) is 60.7 Å². The molecule has 0 atom stereocenters. The van der Waals surface area contributed by atoms with Crippen molar-refractivity contribution in [2.75, 3.05) is 17.2 Å². The molecule has 0 saturated heterocycles. The molecule has 0 saturated carbocycles. The van der Waals surface area contributed by atoms with E-state index in [0.717, 1.165) is 16.8 Å². The number of benzene rings is 3. The standard InChI is InChI=1S/C23H22Cl2N2O2/c1-15-5-3-7-18(9-15)26-13-17-11-20(24)23(21(25)12-17)29-14-22(28)27-19-8-4-6-16(2)10-19/h3-12,26H,13-14H2,1-2H3,(H,27,28). The van der Waals surface area contributed by atoms with E-state index in [2.05, 4.69) is 16.7 Å². The molecule has 29 heavy (non-hydrogen) atoms. The molecule has 0 aliphatic heterocycles. The molecule has 0 aliphatic rings. The first-order chi connectivity index (χ1) is 13.9. The molecule has 3 aromatic rings. The highest BCUT2D eigenvalue weighted by Gasteiger charge is 2.12. The van der Waals surface area contributed by atoms with Gasteiger partial charge in [-0.25, -0.2) is 0 Å². The van der Waals surface area contributed by atoms with Gasteiger partial charge in [-0.15, -0.1) is 0 Å². The molecule has 3 aromatic carbocycles. The van der Waals surface area contributed by atoms with E-state index in [1.165, 1.54) is 5.56 Å². The van der Waals surface area contributed by atoms with E-state index in [1.54, 1.807) is 12.1 Å². The van der Waals surface area contributed by atoms with Gasteiger partial charge in [-0.3, -0.25) is 4.79 Å². The van der Waals surface area contributed by atoms with Gasteiger partial charge in [0.1, 0.15) is 0 Å². The summed E-state index contributed by atoms with van der Waals surface area (Å²) >= 11 is 12.7. The average molecular weight is 429 g/mol. The van der Waals surface area contributed by atoms with Crippen LogP contribution in [-0.4, -0.2) is 12.5 Å². The third-order valence-electron chi connectivity index (χ3n) is 4.22. The van der Waals surface area contributed by atoms with Crippen LogP contribution in [0.5, 0.6) is 5.75 Å². The molecule has 0 heterocycles. The summed E-state index contributed by atoms with van der Waals surface area (Å²) in [5, 5.41) is 6.85. The second kappa shape index (κ2) is 9.68. The normalized spacial score (nSPS) is 10.5. The minimum absolute atomic E-state index is 0.186. The van der Waals surface area contributed by atoms with Gasteiger partial charge in [0.25, 0.3) is 5.91 Å². The van der Waals surface area contributed by atoms with Crippen LogP contribution in [0.1, 0.15) is 16.7 Å². The maximum Gasteiger partial charge on any atom is 0.262 e. The molecule has 0 radical (unpaired) electrons. The largest absolute Gasteiger partial charge is 0.481 e. The Hall–Kier alpha value is -2.69. The van der Waals surface area contributed by atoms with Crippen molar-refractivity contribution >= 4 is 40.5 Å². The third-order valence-corrected chi connectivity index (χ3v) is 4.78. The molecule has 6 heteroatoms. The zero-order valence-corrected chi connectivity index (χ0v) is 17.8. The molecular formula is C23H22Cl2N2O2. The zero-order valence-electron chi connectivity index (χ0n) is 16.3. The van der Waals surface area contributed by atoms with E-state index in [4.69, 9.17) is 27.9 Å². The summed E-state index contributed by atoms with van der Waals surface area (Å²) in [6.45, 7) is 4.38. The fourth-order valence-electron chi connectivity index (χ4n) is 2.87. The van der Waals surface area contributed by atoms with Crippen LogP contribution in [0.3, 0.4) is 0 Å². The van der Waals surface area contributed by atoms with E-state index < -0.39 is 0 Å². The van der Waals surface area contributed by atoms with Gasteiger partial charge in [0.05, 0.1) is 10.0 Å². The molecular weight excluding hydrogens is 407 g/mol. The number of aryl methyl sites for hydroxylation is 2. The van der Waals surface area contributed by atoms with Gasteiger partial charge in [0.2, 0.25) is 0 Å². The number of nitrogens with one attached hydrogen (secondary N) is 2. The number of carbonyl (C=O) groups is 1. The first-order valence-electron chi connectivity index (χ1n) is 9.18. The quantitative estimate of drug-likeness (QED) is 0.468. The molecule has 0 unspecified atom stereocenters. The summed E-state index contributed by atoms with van der Waals surface area (Å²) < 4.78 is 5.57. The van der Waals surface area contributed by atoms with Gasteiger partial charge in [0.15, 0.2) is 12.4 Å². The highest BCUT2D eigenvalue weighted by atomic mass is 35.5. The van der Waals surface area contributed by atoms with Crippen LogP contribution in [0.4, 0.5) is 11.4 Å². The van der Waals surface area contributed by atoms with E-state index in [-0.39, 0.29) is 12.5 Å². The predicted octanol–water partition coefficient (Wildman–Crippen LogP) is 6.24. The van der Waals surface area contributed by atoms with Crippen LogP contribution in [0.2, 0.25) is 10.0 Å². The summed E-state index contributed by atoms with van der Waals surface area (Å²) in [6.07, 6.45) is 0. The van der Waals surface area contributed by atoms with E-state index in [0.29, 0.717) is 28.0 Å². The number of amides is 1. The number of hydrogen-bond acceptors (Lipinski definition) is 3. The van der Waals surface area contributed by atoms with E-state index >= 15 is 0 Å². The van der Waals surface area contributed by atoms with Crippen LogP contribution in [0, 0.1) is 13.8 Å². The lowest BCUT2D eigenvalue weighted by molar-refractivity contribution is -0.118. The average Bonchev–Trinajstić information content (AvgIpc) is 2.66. The van der Waals surface area contributed by atoms with Gasteiger partial charge in [-0.2, -0.15) is 0 Å². The molecule has 0 spiro atoms. The Labute approximate surface area is 180 Å². The monoisotopic (exact) mass is 428 g/mol. The van der Waals surface area contributed by atoms with Crippen molar-refractivity contribution in [3.05, 3.63) is 87.4 Å². The van der Waals surface area contributed by atoms with Crippen molar-refractivity contribution in [1.29, 1.82) is 0 Å². The Bertz CT molecular complexity index is 998. The lowest BCUT2D eigenvalue weighted by Crippen LogP contribution is -2.20. The summed E-state index contributed by atoms with van der Waals surface area (Å²) in [6, 6.07) is 19.2. The molecule has 1 amide bonds. The number of ether oxygens (including phenoxy) is 1. The number of rotatable bonds is 7. The predicted molar refractivity (Wildman–Crippen MR) is 120 cm³/mol. The molecule has 2 N–H and O–H groups in total.